The molecule has 0 bridgehead atoms. The summed E-state index contributed by atoms with van der Waals surface area (Å²) in [6.07, 6.45) is 2.54. The number of nitrogens with one attached hydrogen (secondary N) is 1. The van der Waals surface area contributed by atoms with Crippen LogP contribution >= 0.6 is 0 Å². The van der Waals surface area contributed by atoms with Crippen LogP contribution in [0.5, 0.6) is 0 Å². The average molecular weight is 271 g/mol. The minimum absolute atomic E-state index is 0.0868. The number of aromatic nitrogens is 2. The highest BCUT2D eigenvalue weighted by Crippen LogP contribution is 2.30. The third-order valence-electron chi connectivity index (χ3n) is 3.62. The number of aryl methyl sites for hydroxylation is 2. The van der Waals surface area contributed by atoms with Crippen LogP contribution in [0.3, 0.4) is 0 Å². The van der Waals surface area contributed by atoms with Gasteiger partial charge in [0.05, 0.1) is 6.04 Å². The van der Waals surface area contributed by atoms with Gasteiger partial charge < -0.3 is 15.0 Å². The molecule has 5 heteroatoms. The summed E-state index contributed by atoms with van der Waals surface area (Å²) in [5, 5.41) is 12.2. The number of carbonyl (C=O) groups is 1. The van der Waals surface area contributed by atoms with E-state index < -0.39 is 5.97 Å². The van der Waals surface area contributed by atoms with Gasteiger partial charge in [-0.2, -0.15) is 0 Å². The van der Waals surface area contributed by atoms with E-state index in [1.54, 1.807) is 6.20 Å². The SMILES string of the molecule is Cc1cc(C)cc(C2CCNc3nc(C(=O)O)cn32)c1. The molecule has 0 spiro atoms. The van der Waals surface area contributed by atoms with Gasteiger partial charge in [-0.1, -0.05) is 29.3 Å². The Bertz CT molecular complexity index is 656. The maximum absolute atomic E-state index is 11.1. The fraction of sp³-hybridized carbons (Fsp3) is 0.333. The summed E-state index contributed by atoms with van der Waals surface area (Å²) < 4.78 is 1.93. The van der Waals surface area contributed by atoms with Crippen LogP contribution in [0.25, 0.3) is 0 Å². The van der Waals surface area contributed by atoms with Crippen molar-refractivity contribution in [3.05, 3.63) is 46.8 Å². The first-order chi connectivity index (χ1) is 9.54. The number of benzene rings is 1. The number of rotatable bonds is 2. The zero-order chi connectivity index (χ0) is 14.3. The lowest BCUT2D eigenvalue weighted by atomic mass is 9.98. The molecule has 1 aliphatic heterocycles. The number of hydrogen-bond donors (Lipinski definition) is 2. The van der Waals surface area contributed by atoms with Gasteiger partial charge in [0.1, 0.15) is 0 Å². The topological polar surface area (TPSA) is 67.2 Å². The van der Waals surface area contributed by atoms with E-state index in [9.17, 15) is 4.79 Å². The van der Waals surface area contributed by atoms with E-state index in [-0.39, 0.29) is 11.7 Å². The second-order valence-electron chi connectivity index (χ2n) is 5.31. The van der Waals surface area contributed by atoms with Gasteiger partial charge in [-0.05, 0) is 25.8 Å². The third kappa shape index (κ3) is 2.15. The molecule has 3 rings (SSSR count). The minimum atomic E-state index is -0.993. The highest BCUT2D eigenvalue weighted by atomic mass is 16.4. The van der Waals surface area contributed by atoms with Gasteiger partial charge in [0.2, 0.25) is 5.95 Å². The standard InChI is InChI=1S/C15H17N3O2/c1-9-5-10(2)7-11(6-9)13-3-4-16-15-17-12(14(19)20)8-18(13)15/h5-8,13H,3-4H2,1-2H3,(H,16,17)(H,19,20). The Morgan fingerprint density at radius 3 is 2.70 bits per heavy atom. The van der Waals surface area contributed by atoms with E-state index >= 15 is 0 Å². The first kappa shape index (κ1) is 12.7. The molecule has 1 aromatic carbocycles. The second-order valence-corrected chi connectivity index (χ2v) is 5.31. The number of aromatic carboxylic acids is 1. The van der Waals surface area contributed by atoms with Crippen molar-refractivity contribution < 1.29 is 9.90 Å². The highest BCUT2D eigenvalue weighted by molar-refractivity contribution is 5.85. The van der Waals surface area contributed by atoms with Gasteiger partial charge in [-0.3, -0.25) is 0 Å². The number of carboxylic acid groups (broad SMARTS) is 1. The Kier molecular flexibility index (Phi) is 2.97. The quantitative estimate of drug-likeness (QED) is 0.881. The maximum Gasteiger partial charge on any atom is 0.356 e. The lowest BCUT2D eigenvalue weighted by Gasteiger charge is -2.27. The van der Waals surface area contributed by atoms with Crippen LogP contribution in [0.15, 0.2) is 24.4 Å². The minimum Gasteiger partial charge on any atom is -0.476 e. The number of imidazole rings is 1. The Balaban J connectivity index is 2.06. The summed E-state index contributed by atoms with van der Waals surface area (Å²) in [6.45, 7) is 4.96. The van der Waals surface area contributed by atoms with E-state index in [0.717, 1.165) is 13.0 Å². The van der Waals surface area contributed by atoms with E-state index in [4.69, 9.17) is 5.11 Å². The molecule has 1 aromatic heterocycles. The summed E-state index contributed by atoms with van der Waals surface area (Å²) >= 11 is 0. The molecule has 2 heterocycles. The summed E-state index contributed by atoms with van der Waals surface area (Å²) in [5.41, 5.74) is 3.74. The van der Waals surface area contributed by atoms with Crippen molar-refractivity contribution in [2.24, 2.45) is 0 Å². The molecule has 104 valence electrons. The summed E-state index contributed by atoms with van der Waals surface area (Å²) in [4.78, 5) is 15.2. The lowest BCUT2D eigenvalue weighted by Crippen LogP contribution is -2.23. The fourth-order valence-corrected chi connectivity index (χ4v) is 2.85. The van der Waals surface area contributed by atoms with Crippen molar-refractivity contribution in [3.8, 4) is 0 Å². The second kappa shape index (κ2) is 4.67. The molecule has 2 N–H and O–H groups in total. The molecular formula is C15H17N3O2. The van der Waals surface area contributed by atoms with Crippen molar-refractivity contribution in [1.82, 2.24) is 9.55 Å². The monoisotopic (exact) mass is 271 g/mol. The van der Waals surface area contributed by atoms with E-state index in [0.29, 0.717) is 5.95 Å². The zero-order valence-electron chi connectivity index (χ0n) is 11.6. The first-order valence-electron chi connectivity index (χ1n) is 6.69. The van der Waals surface area contributed by atoms with Crippen molar-refractivity contribution in [1.29, 1.82) is 0 Å². The summed E-state index contributed by atoms with van der Waals surface area (Å²) in [7, 11) is 0. The van der Waals surface area contributed by atoms with Crippen LogP contribution in [0.2, 0.25) is 0 Å². The van der Waals surface area contributed by atoms with Crippen LogP contribution in [0, 0.1) is 13.8 Å². The highest BCUT2D eigenvalue weighted by Gasteiger charge is 2.24. The molecule has 0 saturated carbocycles. The number of hydrogen-bond acceptors (Lipinski definition) is 3. The number of nitrogens with zero attached hydrogens (tertiary/aromatic N) is 2. The lowest BCUT2D eigenvalue weighted by molar-refractivity contribution is 0.0691. The Hall–Kier alpha value is -2.30. The average Bonchev–Trinajstić information content (AvgIpc) is 2.81. The van der Waals surface area contributed by atoms with Crippen molar-refractivity contribution >= 4 is 11.9 Å². The molecule has 0 fully saturated rings. The molecule has 0 aliphatic carbocycles. The molecule has 0 saturated heterocycles. The molecule has 1 aliphatic rings. The van der Waals surface area contributed by atoms with Gasteiger partial charge in [-0.15, -0.1) is 0 Å². The molecule has 0 radical (unpaired) electrons. The van der Waals surface area contributed by atoms with Crippen LogP contribution in [-0.4, -0.2) is 27.2 Å². The van der Waals surface area contributed by atoms with E-state index in [1.165, 1.54) is 16.7 Å². The van der Waals surface area contributed by atoms with Gasteiger partial charge in [0.15, 0.2) is 5.69 Å². The first-order valence-corrected chi connectivity index (χ1v) is 6.69. The van der Waals surface area contributed by atoms with Gasteiger partial charge in [-0.25, -0.2) is 9.78 Å². The molecule has 20 heavy (non-hydrogen) atoms. The Labute approximate surface area is 117 Å². The number of carboxylic acids is 1. The molecule has 1 atom stereocenters. The Morgan fingerprint density at radius 1 is 1.35 bits per heavy atom. The van der Waals surface area contributed by atoms with Crippen LogP contribution in [-0.2, 0) is 0 Å². The maximum atomic E-state index is 11.1. The molecule has 0 amide bonds. The molecular weight excluding hydrogens is 254 g/mol. The number of anilines is 1. The van der Waals surface area contributed by atoms with E-state index in [1.807, 2.05) is 4.57 Å². The fourth-order valence-electron chi connectivity index (χ4n) is 2.85. The molecule has 1 unspecified atom stereocenters. The predicted octanol–water partition coefficient (Wildman–Crippen LogP) is 2.60. The van der Waals surface area contributed by atoms with Gasteiger partial charge in [0.25, 0.3) is 0 Å². The smallest absolute Gasteiger partial charge is 0.356 e. The summed E-state index contributed by atoms with van der Waals surface area (Å²) in [6, 6.07) is 6.60. The normalized spacial score (nSPS) is 17.4. The number of fused-ring (bicyclic) bond motifs is 1. The molecule has 2 aromatic rings. The third-order valence-corrected chi connectivity index (χ3v) is 3.62. The molecule has 5 nitrogen and oxygen atoms in total. The van der Waals surface area contributed by atoms with Crippen molar-refractivity contribution in [2.45, 2.75) is 26.3 Å². The zero-order valence-corrected chi connectivity index (χ0v) is 11.6. The van der Waals surface area contributed by atoms with Crippen LogP contribution in [0.4, 0.5) is 5.95 Å². The summed E-state index contributed by atoms with van der Waals surface area (Å²) in [5.74, 6) is -0.356. The Morgan fingerprint density at radius 2 is 2.05 bits per heavy atom. The van der Waals surface area contributed by atoms with Crippen molar-refractivity contribution in [2.75, 3.05) is 11.9 Å². The van der Waals surface area contributed by atoms with Crippen LogP contribution < -0.4 is 5.32 Å². The van der Waals surface area contributed by atoms with Crippen molar-refractivity contribution in [3.63, 3.8) is 0 Å². The predicted molar refractivity (Wildman–Crippen MR) is 76.3 cm³/mol. The van der Waals surface area contributed by atoms with Gasteiger partial charge >= 0.3 is 5.97 Å². The van der Waals surface area contributed by atoms with Crippen LogP contribution in [0.1, 0.15) is 39.6 Å². The van der Waals surface area contributed by atoms with E-state index in [2.05, 4.69) is 42.3 Å². The largest absolute Gasteiger partial charge is 0.476 e. The van der Waals surface area contributed by atoms with Gasteiger partial charge in [0, 0.05) is 12.7 Å².